The molecule has 1 aliphatic heterocycles. The van der Waals surface area contributed by atoms with Gasteiger partial charge in [0.1, 0.15) is 5.75 Å². The monoisotopic (exact) mass is 264 g/mol. The van der Waals surface area contributed by atoms with E-state index in [0.29, 0.717) is 6.54 Å². The summed E-state index contributed by atoms with van der Waals surface area (Å²) >= 11 is 0. The van der Waals surface area contributed by atoms with Crippen LogP contribution in [0, 0.1) is 10.1 Å². The van der Waals surface area contributed by atoms with Crippen LogP contribution in [0.25, 0.3) is 0 Å². The number of hydrogen-bond acceptors (Lipinski definition) is 6. The van der Waals surface area contributed by atoms with Crippen molar-refractivity contribution >= 4 is 23.1 Å². The van der Waals surface area contributed by atoms with Crippen LogP contribution in [-0.2, 0) is 4.79 Å². The minimum atomic E-state index is -0.629. The number of phenols is 1. The third-order valence-corrected chi connectivity index (χ3v) is 2.56. The lowest BCUT2D eigenvalue weighted by Gasteiger charge is -2.08. The first-order valence-corrected chi connectivity index (χ1v) is 5.57. The van der Waals surface area contributed by atoms with Crippen LogP contribution in [-0.4, -0.2) is 34.4 Å². The van der Waals surface area contributed by atoms with Gasteiger partial charge in [-0.25, -0.2) is 0 Å². The molecule has 2 rings (SSSR count). The summed E-state index contributed by atoms with van der Waals surface area (Å²) in [7, 11) is 0. The fraction of sp³-hybridized carbons (Fsp3) is 0.273. The molecule has 1 aliphatic rings. The van der Waals surface area contributed by atoms with Gasteiger partial charge in [0.05, 0.1) is 23.2 Å². The van der Waals surface area contributed by atoms with Crippen LogP contribution in [0.5, 0.6) is 5.75 Å². The predicted octanol–water partition coefficient (Wildman–Crippen LogP) is 0.629. The number of carbonyl (C=O) groups excluding carboxylic acids is 1. The molecule has 1 aromatic rings. The Morgan fingerprint density at radius 1 is 1.63 bits per heavy atom. The minimum absolute atomic E-state index is 0.0891. The standard InChI is InChI=1S/C11H12N4O4/c1-6-5-12-10(13-6)11(17)14-8-3-2-7(15(18)19)4-9(8)16/h2-4,6,16H,5H2,1H3,(H,12,13)(H,14,17). The number of nitro groups is 1. The van der Waals surface area contributed by atoms with Gasteiger partial charge in [-0.05, 0) is 13.0 Å². The Kier molecular flexibility index (Phi) is 3.32. The molecule has 1 heterocycles. The highest BCUT2D eigenvalue weighted by molar-refractivity contribution is 6.42. The zero-order valence-corrected chi connectivity index (χ0v) is 10.1. The smallest absolute Gasteiger partial charge is 0.290 e. The van der Waals surface area contributed by atoms with Crippen molar-refractivity contribution in [2.45, 2.75) is 13.0 Å². The molecule has 0 saturated heterocycles. The van der Waals surface area contributed by atoms with E-state index in [-0.39, 0.29) is 29.0 Å². The van der Waals surface area contributed by atoms with E-state index in [0.717, 1.165) is 6.07 Å². The van der Waals surface area contributed by atoms with E-state index in [1.807, 2.05) is 6.92 Å². The van der Waals surface area contributed by atoms with Crippen LogP contribution in [0.3, 0.4) is 0 Å². The molecule has 0 spiro atoms. The number of hydrogen-bond donors (Lipinski definition) is 3. The average molecular weight is 264 g/mol. The van der Waals surface area contributed by atoms with Crippen molar-refractivity contribution in [3.05, 3.63) is 28.3 Å². The van der Waals surface area contributed by atoms with E-state index in [1.54, 1.807) is 0 Å². The van der Waals surface area contributed by atoms with Gasteiger partial charge in [0.25, 0.3) is 11.6 Å². The van der Waals surface area contributed by atoms with Gasteiger partial charge >= 0.3 is 0 Å². The molecule has 1 atom stereocenters. The number of amides is 1. The lowest BCUT2D eigenvalue weighted by atomic mass is 10.2. The zero-order valence-electron chi connectivity index (χ0n) is 10.1. The quantitative estimate of drug-likeness (QED) is 0.420. The zero-order chi connectivity index (χ0) is 14.0. The summed E-state index contributed by atoms with van der Waals surface area (Å²) in [5.74, 6) is -0.673. The van der Waals surface area contributed by atoms with Gasteiger partial charge in [0.15, 0.2) is 5.84 Å². The number of non-ortho nitro benzene ring substituents is 1. The third-order valence-electron chi connectivity index (χ3n) is 2.56. The Labute approximate surface area is 108 Å². The Hall–Kier alpha value is -2.64. The average Bonchev–Trinajstić information content (AvgIpc) is 2.78. The van der Waals surface area contributed by atoms with Crippen molar-refractivity contribution in [3.63, 3.8) is 0 Å². The summed E-state index contributed by atoms with van der Waals surface area (Å²) in [6, 6.07) is 3.53. The second-order valence-corrected chi connectivity index (χ2v) is 4.15. The molecule has 1 amide bonds. The van der Waals surface area contributed by atoms with Crippen LogP contribution < -0.4 is 10.6 Å². The van der Waals surface area contributed by atoms with Gasteiger partial charge < -0.3 is 15.7 Å². The van der Waals surface area contributed by atoms with E-state index >= 15 is 0 Å². The molecule has 100 valence electrons. The maximum Gasteiger partial charge on any atom is 0.290 e. The van der Waals surface area contributed by atoms with E-state index < -0.39 is 10.8 Å². The Bertz CT molecular complexity index is 570. The van der Waals surface area contributed by atoms with Crippen molar-refractivity contribution in [2.75, 3.05) is 11.9 Å². The number of benzene rings is 1. The number of amidine groups is 1. The number of nitrogens with one attached hydrogen (secondary N) is 2. The van der Waals surface area contributed by atoms with Crippen LogP contribution in [0.1, 0.15) is 6.92 Å². The number of nitro benzene ring substituents is 1. The van der Waals surface area contributed by atoms with Gasteiger partial charge in [0, 0.05) is 12.1 Å². The molecule has 8 heteroatoms. The second kappa shape index (κ2) is 4.92. The number of phenolic OH excluding ortho intramolecular Hbond substituents is 1. The highest BCUT2D eigenvalue weighted by Crippen LogP contribution is 2.27. The predicted molar refractivity (Wildman–Crippen MR) is 68.3 cm³/mol. The molecule has 0 radical (unpaired) electrons. The molecule has 19 heavy (non-hydrogen) atoms. The van der Waals surface area contributed by atoms with Crippen molar-refractivity contribution < 1.29 is 14.8 Å². The first-order chi connectivity index (χ1) is 8.97. The Balaban J connectivity index is 2.11. The molecule has 8 nitrogen and oxygen atoms in total. The topological polar surface area (TPSA) is 117 Å². The maximum absolute atomic E-state index is 11.8. The molecule has 0 fully saturated rings. The van der Waals surface area contributed by atoms with Crippen LogP contribution >= 0.6 is 0 Å². The first kappa shape index (κ1) is 12.8. The van der Waals surface area contributed by atoms with Crippen molar-refractivity contribution in [1.82, 2.24) is 5.32 Å². The minimum Gasteiger partial charge on any atom is -0.506 e. The fourth-order valence-corrected chi connectivity index (χ4v) is 1.61. The molecule has 3 N–H and O–H groups in total. The fourth-order valence-electron chi connectivity index (χ4n) is 1.61. The lowest BCUT2D eigenvalue weighted by Crippen LogP contribution is -2.36. The van der Waals surface area contributed by atoms with Gasteiger partial charge in [0.2, 0.25) is 0 Å². The van der Waals surface area contributed by atoms with E-state index in [4.69, 9.17) is 0 Å². The Morgan fingerprint density at radius 3 is 2.89 bits per heavy atom. The second-order valence-electron chi connectivity index (χ2n) is 4.15. The van der Waals surface area contributed by atoms with Crippen LogP contribution in [0.4, 0.5) is 11.4 Å². The normalized spacial score (nSPS) is 17.5. The molecule has 1 unspecified atom stereocenters. The lowest BCUT2D eigenvalue weighted by molar-refractivity contribution is -0.384. The summed E-state index contributed by atoms with van der Waals surface area (Å²) in [6.45, 7) is 2.39. The van der Waals surface area contributed by atoms with E-state index in [2.05, 4.69) is 15.6 Å². The summed E-state index contributed by atoms with van der Waals surface area (Å²) < 4.78 is 0. The summed E-state index contributed by atoms with van der Waals surface area (Å²) in [4.78, 5) is 25.7. The highest BCUT2D eigenvalue weighted by atomic mass is 16.6. The number of aromatic hydroxyl groups is 1. The number of aliphatic imine (C=N–C) groups is 1. The molecule has 0 aliphatic carbocycles. The summed E-state index contributed by atoms with van der Waals surface area (Å²) in [5.41, 5.74) is -0.153. The van der Waals surface area contributed by atoms with Gasteiger partial charge in [-0.3, -0.25) is 19.9 Å². The Morgan fingerprint density at radius 2 is 2.37 bits per heavy atom. The number of rotatable bonds is 3. The van der Waals surface area contributed by atoms with Crippen LogP contribution in [0.15, 0.2) is 23.2 Å². The van der Waals surface area contributed by atoms with Crippen molar-refractivity contribution in [2.24, 2.45) is 4.99 Å². The van der Waals surface area contributed by atoms with Crippen LogP contribution in [0.2, 0.25) is 0 Å². The SMILES string of the molecule is CC1CN=C(C(=O)Nc2ccc([N+](=O)[O-])cc2O)N1. The third kappa shape index (κ3) is 2.79. The summed E-state index contributed by atoms with van der Waals surface area (Å²) in [6.07, 6.45) is 0. The highest BCUT2D eigenvalue weighted by Gasteiger charge is 2.20. The number of carbonyl (C=O) groups is 1. The first-order valence-electron chi connectivity index (χ1n) is 5.57. The van der Waals surface area contributed by atoms with Gasteiger partial charge in [-0.2, -0.15) is 0 Å². The van der Waals surface area contributed by atoms with Gasteiger partial charge in [-0.1, -0.05) is 0 Å². The molecule has 0 bridgehead atoms. The molecular weight excluding hydrogens is 252 g/mol. The van der Waals surface area contributed by atoms with E-state index in [1.165, 1.54) is 12.1 Å². The van der Waals surface area contributed by atoms with E-state index in [9.17, 15) is 20.0 Å². The van der Waals surface area contributed by atoms with Gasteiger partial charge in [-0.15, -0.1) is 0 Å². The summed E-state index contributed by atoms with van der Waals surface area (Å²) in [5, 5.41) is 25.4. The molecule has 1 aromatic carbocycles. The maximum atomic E-state index is 11.8. The van der Waals surface area contributed by atoms with Crippen molar-refractivity contribution in [3.8, 4) is 5.75 Å². The number of anilines is 1. The molecule has 0 aromatic heterocycles. The molecular formula is C11H12N4O4. The van der Waals surface area contributed by atoms with Crippen molar-refractivity contribution in [1.29, 1.82) is 0 Å². The largest absolute Gasteiger partial charge is 0.506 e. The number of nitrogens with zero attached hydrogens (tertiary/aromatic N) is 2. The molecule has 0 saturated carbocycles.